The SMILES string of the molecule is CC(C(=O)O)(C(=O)c1ccc(OC[C@@H]2COc3ccccc3O2)cc1)c1cccc2[nH]ccc12. The molecule has 1 aliphatic rings. The molecule has 1 aromatic heterocycles. The normalized spacial score (nSPS) is 16.6. The molecule has 7 nitrogen and oxygen atoms in total. The third-order valence-electron chi connectivity index (χ3n) is 6.14. The Morgan fingerprint density at radius 2 is 1.79 bits per heavy atom. The lowest BCUT2D eigenvalue weighted by molar-refractivity contribution is -0.141. The average Bonchev–Trinajstić information content (AvgIpc) is 3.36. The van der Waals surface area contributed by atoms with Gasteiger partial charge in [-0.1, -0.05) is 24.3 Å². The maximum Gasteiger partial charge on any atom is 0.321 e. The van der Waals surface area contributed by atoms with E-state index in [1.165, 1.54) is 6.92 Å². The molecule has 7 heteroatoms. The van der Waals surface area contributed by atoms with E-state index in [0.717, 1.165) is 5.52 Å². The molecule has 1 aliphatic heterocycles. The van der Waals surface area contributed by atoms with Gasteiger partial charge in [0.05, 0.1) is 0 Å². The van der Waals surface area contributed by atoms with Crippen LogP contribution in [0.2, 0.25) is 0 Å². The van der Waals surface area contributed by atoms with Gasteiger partial charge in [-0.15, -0.1) is 0 Å². The Kier molecular flexibility index (Phi) is 5.45. The zero-order valence-corrected chi connectivity index (χ0v) is 18.5. The Labute approximate surface area is 195 Å². The smallest absolute Gasteiger partial charge is 0.321 e. The first-order chi connectivity index (χ1) is 16.5. The van der Waals surface area contributed by atoms with Crippen molar-refractivity contribution < 1.29 is 28.9 Å². The van der Waals surface area contributed by atoms with Crippen molar-refractivity contribution in [2.24, 2.45) is 0 Å². The molecule has 0 amide bonds. The third kappa shape index (κ3) is 3.75. The van der Waals surface area contributed by atoms with Gasteiger partial charge in [0, 0.05) is 22.7 Å². The van der Waals surface area contributed by atoms with Gasteiger partial charge in [-0.25, -0.2) is 0 Å². The Bertz CT molecular complexity index is 1360. The van der Waals surface area contributed by atoms with Crippen LogP contribution in [-0.2, 0) is 10.2 Å². The molecule has 2 N–H and O–H groups in total. The number of carbonyl (C=O) groups is 2. The summed E-state index contributed by atoms with van der Waals surface area (Å²) in [6, 6.07) is 21.0. The summed E-state index contributed by atoms with van der Waals surface area (Å²) < 4.78 is 17.4. The van der Waals surface area contributed by atoms with E-state index in [-0.39, 0.29) is 18.3 Å². The number of carbonyl (C=O) groups excluding carboxylic acids is 1. The molecule has 172 valence electrons. The number of aromatic nitrogens is 1. The molecule has 3 aromatic carbocycles. The van der Waals surface area contributed by atoms with Gasteiger partial charge >= 0.3 is 5.97 Å². The van der Waals surface area contributed by atoms with E-state index in [0.29, 0.717) is 34.8 Å². The van der Waals surface area contributed by atoms with Gasteiger partial charge in [-0.2, -0.15) is 0 Å². The lowest BCUT2D eigenvalue weighted by atomic mass is 9.75. The van der Waals surface area contributed by atoms with Crippen LogP contribution in [0.15, 0.2) is 79.0 Å². The number of aromatic amines is 1. The van der Waals surface area contributed by atoms with Gasteiger partial charge in [-0.05, 0) is 61.0 Å². The summed E-state index contributed by atoms with van der Waals surface area (Å²) >= 11 is 0. The van der Waals surface area contributed by atoms with Crippen LogP contribution in [-0.4, -0.2) is 41.2 Å². The third-order valence-corrected chi connectivity index (χ3v) is 6.14. The zero-order valence-electron chi connectivity index (χ0n) is 18.5. The van der Waals surface area contributed by atoms with E-state index in [4.69, 9.17) is 14.2 Å². The molecule has 2 atom stereocenters. The molecule has 1 unspecified atom stereocenters. The lowest BCUT2D eigenvalue weighted by Gasteiger charge is -2.26. The summed E-state index contributed by atoms with van der Waals surface area (Å²) in [4.78, 5) is 28.9. The van der Waals surface area contributed by atoms with Gasteiger partial charge in [0.1, 0.15) is 19.0 Å². The number of Topliss-reactive ketones (excluding diaryl/α,β-unsaturated/α-hetero) is 1. The van der Waals surface area contributed by atoms with Crippen molar-refractivity contribution in [2.75, 3.05) is 13.2 Å². The van der Waals surface area contributed by atoms with E-state index in [1.54, 1.807) is 48.7 Å². The Hall–Kier alpha value is -4.26. The second-order valence-corrected chi connectivity index (χ2v) is 8.34. The van der Waals surface area contributed by atoms with Gasteiger partial charge in [0.25, 0.3) is 0 Å². The van der Waals surface area contributed by atoms with Crippen LogP contribution >= 0.6 is 0 Å². The molecule has 5 rings (SSSR count). The predicted molar refractivity (Wildman–Crippen MR) is 126 cm³/mol. The highest BCUT2D eigenvalue weighted by Crippen LogP contribution is 2.35. The number of ether oxygens (including phenoxy) is 3. The molecule has 34 heavy (non-hydrogen) atoms. The van der Waals surface area contributed by atoms with Crippen molar-refractivity contribution in [3.05, 3.63) is 90.1 Å². The fourth-order valence-electron chi connectivity index (χ4n) is 4.18. The quantitative estimate of drug-likeness (QED) is 0.311. The van der Waals surface area contributed by atoms with E-state index in [2.05, 4.69) is 4.98 Å². The van der Waals surface area contributed by atoms with Crippen LogP contribution in [0.3, 0.4) is 0 Å². The number of rotatable bonds is 7. The van der Waals surface area contributed by atoms with Crippen LogP contribution in [0.4, 0.5) is 0 Å². The summed E-state index contributed by atoms with van der Waals surface area (Å²) in [5.41, 5.74) is -0.238. The molecule has 0 bridgehead atoms. The number of aliphatic carboxylic acids is 1. The minimum atomic E-state index is -1.75. The largest absolute Gasteiger partial charge is 0.490 e. The molecule has 0 saturated carbocycles. The molecular formula is C27H23NO6. The van der Waals surface area contributed by atoms with E-state index < -0.39 is 17.2 Å². The van der Waals surface area contributed by atoms with Crippen molar-refractivity contribution in [3.63, 3.8) is 0 Å². The summed E-state index contributed by atoms with van der Waals surface area (Å²) in [6.07, 6.45) is 1.46. The van der Waals surface area contributed by atoms with Crippen LogP contribution in [0, 0.1) is 0 Å². The molecule has 0 aliphatic carbocycles. The summed E-state index contributed by atoms with van der Waals surface area (Å²) in [7, 11) is 0. The van der Waals surface area contributed by atoms with Crippen molar-refractivity contribution in [1.29, 1.82) is 0 Å². The van der Waals surface area contributed by atoms with E-state index >= 15 is 0 Å². The first-order valence-electron chi connectivity index (χ1n) is 10.9. The predicted octanol–water partition coefficient (Wildman–Crippen LogP) is 4.61. The second-order valence-electron chi connectivity index (χ2n) is 8.34. The van der Waals surface area contributed by atoms with Crippen LogP contribution < -0.4 is 14.2 Å². The Balaban J connectivity index is 1.32. The standard InChI is InChI=1S/C27H23NO6/c1-27(26(30)31,21-5-4-6-22-20(21)13-14-28-22)25(29)17-9-11-18(12-10-17)32-15-19-16-33-23-7-2-3-8-24(23)34-19/h2-14,19,28H,15-16H2,1H3,(H,30,31)/t19-,27?/m1/s1. The molecule has 0 spiro atoms. The van der Waals surface area contributed by atoms with Gasteiger partial charge in [0.15, 0.2) is 28.8 Å². The van der Waals surface area contributed by atoms with Gasteiger partial charge < -0.3 is 24.3 Å². The summed E-state index contributed by atoms with van der Waals surface area (Å²) in [6.45, 7) is 2.08. The molecule has 0 radical (unpaired) electrons. The topological polar surface area (TPSA) is 97.8 Å². The fraction of sp³-hybridized carbons (Fsp3) is 0.185. The van der Waals surface area contributed by atoms with Gasteiger partial charge in [-0.3, -0.25) is 9.59 Å². The molecule has 0 fully saturated rings. The zero-order chi connectivity index (χ0) is 23.7. The molecule has 2 heterocycles. The number of H-pyrrole nitrogens is 1. The molecular weight excluding hydrogens is 434 g/mol. The van der Waals surface area contributed by atoms with Crippen molar-refractivity contribution in [1.82, 2.24) is 4.98 Å². The minimum Gasteiger partial charge on any atom is -0.490 e. The highest BCUT2D eigenvalue weighted by atomic mass is 16.6. The summed E-state index contributed by atoms with van der Waals surface area (Å²) in [5, 5.41) is 10.8. The number of ketones is 1. The Morgan fingerprint density at radius 1 is 1.03 bits per heavy atom. The van der Waals surface area contributed by atoms with E-state index in [1.807, 2.05) is 30.3 Å². The lowest BCUT2D eigenvalue weighted by Crippen LogP contribution is -2.41. The number of nitrogens with one attached hydrogen (secondary N) is 1. The number of para-hydroxylation sites is 2. The molecule has 4 aromatic rings. The first kappa shape index (κ1) is 21.6. The first-order valence-corrected chi connectivity index (χ1v) is 10.9. The Morgan fingerprint density at radius 3 is 2.56 bits per heavy atom. The van der Waals surface area contributed by atoms with Crippen LogP contribution in [0.5, 0.6) is 17.2 Å². The maximum absolute atomic E-state index is 13.4. The van der Waals surface area contributed by atoms with Crippen molar-refractivity contribution in [3.8, 4) is 17.2 Å². The van der Waals surface area contributed by atoms with Crippen molar-refractivity contribution >= 4 is 22.7 Å². The number of hydrogen-bond acceptors (Lipinski definition) is 5. The number of fused-ring (bicyclic) bond motifs is 2. The highest BCUT2D eigenvalue weighted by Gasteiger charge is 2.44. The number of carboxylic acids is 1. The summed E-state index contributed by atoms with van der Waals surface area (Å²) in [5.74, 6) is 0.220. The molecule has 0 saturated heterocycles. The second kappa shape index (κ2) is 8.59. The van der Waals surface area contributed by atoms with Gasteiger partial charge in [0.2, 0.25) is 0 Å². The maximum atomic E-state index is 13.4. The van der Waals surface area contributed by atoms with E-state index in [9.17, 15) is 14.7 Å². The monoisotopic (exact) mass is 457 g/mol. The van der Waals surface area contributed by atoms with Crippen LogP contribution in [0.25, 0.3) is 10.9 Å². The highest BCUT2D eigenvalue weighted by molar-refractivity contribution is 6.18. The van der Waals surface area contributed by atoms with Crippen molar-refractivity contribution in [2.45, 2.75) is 18.4 Å². The number of carboxylic acid groups (broad SMARTS) is 1. The number of benzene rings is 3. The van der Waals surface area contributed by atoms with Crippen LogP contribution in [0.1, 0.15) is 22.8 Å². The minimum absolute atomic E-state index is 0.268. The average molecular weight is 457 g/mol. The fourth-order valence-corrected chi connectivity index (χ4v) is 4.18. The number of hydrogen-bond donors (Lipinski definition) is 2.